The van der Waals surface area contributed by atoms with Gasteiger partial charge in [-0.3, -0.25) is 9.48 Å². The number of benzene rings is 1. The Hall–Kier alpha value is -2.58. The van der Waals surface area contributed by atoms with Crippen LogP contribution in [0.25, 0.3) is 6.08 Å². The summed E-state index contributed by atoms with van der Waals surface area (Å²) >= 11 is 7.91. The Labute approximate surface area is 179 Å². The SMILES string of the molecule is Cc1nn(CC(C)C)c(Cl)c1/C=C/C(=O)Nc1ccc(Sc2nncn2C)cc1. The van der Waals surface area contributed by atoms with Crippen molar-refractivity contribution in [3.05, 3.63) is 53.1 Å². The highest BCUT2D eigenvalue weighted by Gasteiger charge is 2.12. The predicted octanol–water partition coefficient (Wildman–Crippen LogP) is 4.43. The molecule has 0 atom stereocenters. The molecular weight excluding hydrogens is 408 g/mol. The van der Waals surface area contributed by atoms with Gasteiger partial charge in [-0.25, -0.2) is 0 Å². The maximum absolute atomic E-state index is 12.3. The van der Waals surface area contributed by atoms with Gasteiger partial charge in [0.15, 0.2) is 5.16 Å². The van der Waals surface area contributed by atoms with Gasteiger partial charge in [0.05, 0.1) is 5.69 Å². The zero-order valence-corrected chi connectivity index (χ0v) is 18.3. The number of hydrogen-bond acceptors (Lipinski definition) is 5. The topological polar surface area (TPSA) is 77.6 Å². The molecule has 2 aromatic heterocycles. The molecule has 152 valence electrons. The molecule has 0 unspecified atom stereocenters. The van der Waals surface area contributed by atoms with Gasteiger partial charge in [-0.05, 0) is 54.9 Å². The first-order chi connectivity index (χ1) is 13.8. The number of carbonyl (C=O) groups excluding carboxylic acids is 1. The van der Waals surface area contributed by atoms with Gasteiger partial charge < -0.3 is 9.88 Å². The minimum atomic E-state index is -0.231. The fourth-order valence-electron chi connectivity index (χ4n) is 2.64. The maximum atomic E-state index is 12.3. The van der Waals surface area contributed by atoms with Crippen LogP contribution < -0.4 is 5.32 Å². The van der Waals surface area contributed by atoms with E-state index in [0.717, 1.165) is 27.9 Å². The van der Waals surface area contributed by atoms with E-state index in [1.807, 2.05) is 42.8 Å². The first kappa shape index (κ1) is 21.1. The van der Waals surface area contributed by atoms with Crippen molar-refractivity contribution >= 4 is 41.0 Å². The van der Waals surface area contributed by atoms with Crippen LogP contribution in [0.1, 0.15) is 25.1 Å². The summed E-state index contributed by atoms with van der Waals surface area (Å²) in [5.41, 5.74) is 2.27. The summed E-state index contributed by atoms with van der Waals surface area (Å²) in [5, 5.41) is 16.5. The molecule has 3 aromatic rings. The lowest BCUT2D eigenvalue weighted by molar-refractivity contribution is -0.111. The first-order valence-electron chi connectivity index (χ1n) is 9.17. The number of nitrogens with one attached hydrogen (secondary N) is 1. The predicted molar refractivity (Wildman–Crippen MR) is 116 cm³/mol. The van der Waals surface area contributed by atoms with Gasteiger partial charge in [-0.15, -0.1) is 10.2 Å². The number of anilines is 1. The van der Waals surface area contributed by atoms with Crippen molar-refractivity contribution in [3.63, 3.8) is 0 Å². The molecule has 9 heteroatoms. The van der Waals surface area contributed by atoms with Gasteiger partial charge in [0.1, 0.15) is 11.5 Å². The number of halogens is 1. The van der Waals surface area contributed by atoms with E-state index in [-0.39, 0.29) is 5.91 Å². The molecule has 0 radical (unpaired) electrons. The van der Waals surface area contributed by atoms with E-state index < -0.39 is 0 Å². The Morgan fingerprint density at radius 1 is 1.31 bits per heavy atom. The number of aromatic nitrogens is 5. The van der Waals surface area contributed by atoms with Gasteiger partial charge in [-0.1, -0.05) is 25.4 Å². The summed E-state index contributed by atoms with van der Waals surface area (Å²) < 4.78 is 3.62. The molecule has 29 heavy (non-hydrogen) atoms. The summed E-state index contributed by atoms with van der Waals surface area (Å²) in [7, 11) is 1.89. The second-order valence-electron chi connectivity index (χ2n) is 7.04. The molecule has 2 heterocycles. The molecule has 1 aromatic carbocycles. The molecule has 0 saturated heterocycles. The van der Waals surface area contributed by atoms with Gasteiger partial charge in [0.25, 0.3) is 0 Å². The van der Waals surface area contributed by atoms with Crippen LogP contribution in [0.5, 0.6) is 0 Å². The minimum Gasteiger partial charge on any atom is -0.323 e. The lowest BCUT2D eigenvalue weighted by atomic mass is 10.2. The van der Waals surface area contributed by atoms with E-state index in [2.05, 4.69) is 34.5 Å². The van der Waals surface area contributed by atoms with E-state index in [1.165, 1.54) is 17.8 Å². The molecule has 1 N–H and O–H groups in total. The second-order valence-corrected chi connectivity index (χ2v) is 8.44. The zero-order valence-electron chi connectivity index (χ0n) is 16.8. The van der Waals surface area contributed by atoms with Crippen molar-refractivity contribution in [3.8, 4) is 0 Å². The Balaban J connectivity index is 1.62. The van der Waals surface area contributed by atoms with Crippen molar-refractivity contribution in [2.24, 2.45) is 13.0 Å². The average Bonchev–Trinajstić information content (AvgIpc) is 3.18. The van der Waals surface area contributed by atoms with E-state index in [1.54, 1.807) is 17.1 Å². The standard InChI is InChI=1S/C20H23ClN6OS/c1-13(2)11-27-19(21)17(14(3)25-27)9-10-18(28)23-15-5-7-16(8-6-15)29-20-24-22-12-26(20)4/h5-10,12-13H,11H2,1-4H3,(H,23,28)/b10-9+. The smallest absolute Gasteiger partial charge is 0.248 e. The van der Waals surface area contributed by atoms with Crippen molar-refractivity contribution in [2.45, 2.75) is 37.4 Å². The van der Waals surface area contributed by atoms with Crippen LogP contribution in [0.3, 0.4) is 0 Å². The number of rotatable bonds is 7. The summed E-state index contributed by atoms with van der Waals surface area (Å²) in [6.45, 7) is 6.83. The fraction of sp³-hybridized carbons (Fsp3) is 0.300. The van der Waals surface area contributed by atoms with Crippen molar-refractivity contribution in [1.82, 2.24) is 24.5 Å². The Morgan fingerprint density at radius 2 is 2.03 bits per heavy atom. The fourth-order valence-corrected chi connectivity index (χ4v) is 3.71. The van der Waals surface area contributed by atoms with E-state index in [0.29, 0.717) is 16.8 Å². The quantitative estimate of drug-likeness (QED) is 0.561. The van der Waals surface area contributed by atoms with Crippen molar-refractivity contribution in [1.29, 1.82) is 0 Å². The summed E-state index contributed by atoms with van der Waals surface area (Å²) in [6, 6.07) is 7.55. The lowest BCUT2D eigenvalue weighted by Crippen LogP contribution is -2.07. The molecule has 0 aliphatic carbocycles. The van der Waals surface area contributed by atoms with E-state index >= 15 is 0 Å². The molecule has 7 nitrogen and oxygen atoms in total. The number of hydrogen-bond donors (Lipinski definition) is 1. The molecule has 0 saturated carbocycles. The molecule has 0 aliphatic heterocycles. The highest BCUT2D eigenvalue weighted by molar-refractivity contribution is 7.99. The lowest BCUT2D eigenvalue weighted by Gasteiger charge is -2.05. The third kappa shape index (κ3) is 5.48. The molecular formula is C20H23ClN6OS. The normalized spacial score (nSPS) is 11.5. The van der Waals surface area contributed by atoms with Crippen LogP contribution in [0.15, 0.2) is 46.7 Å². The Bertz CT molecular complexity index is 1020. The number of carbonyl (C=O) groups is 1. The van der Waals surface area contributed by atoms with Crippen molar-refractivity contribution in [2.75, 3.05) is 5.32 Å². The summed E-state index contributed by atoms with van der Waals surface area (Å²) in [5.74, 6) is 0.201. The van der Waals surface area contributed by atoms with Crippen molar-refractivity contribution < 1.29 is 4.79 Å². The highest BCUT2D eigenvalue weighted by atomic mass is 35.5. The Morgan fingerprint density at radius 3 is 2.66 bits per heavy atom. The summed E-state index contributed by atoms with van der Waals surface area (Å²) in [6.07, 6.45) is 4.83. The van der Waals surface area contributed by atoms with Gasteiger partial charge in [0.2, 0.25) is 5.91 Å². The molecule has 0 bridgehead atoms. The minimum absolute atomic E-state index is 0.231. The van der Waals surface area contributed by atoms with Crippen LogP contribution >= 0.6 is 23.4 Å². The first-order valence-corrected chi connectivity index (χ1v) is 10.4. The number of amides is 1. The van der Waals surface area contributed by atoms with E-state index in [4.69, 9.17) is 11.6 Å². The maximum Gasteiger partial charge on any atom is 0.248 e. The third-order valence-corrected chi connectivity index (χ3v) is 5.51. The van der Waals surface area contributed by atoms with Crippen LogP contribution in [0.2, 0.25) is 5.15 Å². The van der Waals surface area contributed by atoms with Gasteiger partial charge in [0, 0.05) is 35.8 Å². The molecule has 0 spiro atoms. The molecule has 0 aliphatic rings. The van der Waals surface area contributed by atoms with Crippen LogP contribution in [0, 0.1) is 12.8 Å². The second kappa shape index (κ2) is 9.28. The van der Waals surface area contributed by atoms with E-state index in [9.17, 15) is 4.79 Å². The average molecular weight is 431 g/mol. The molecule has 0 fully saturated rings. The third-order valence-electron chi connectivity index (χ3n) is 4.05. The van der Waals surface area contributed by atoms with Crippen LogP contribution in [-0.4, -0.2) is 30.5 Å². The zero-order chi connectivity index (χ0) is 21.0. The van der Waals surface area contributed by atoms with Gasteiger partial charge in [-0.2, -0.15) is 5.10 Å². The van der Waals surface area contributed by atoms with Crippen LogP contribution in [0.4, 0.5) is 5.69 Å². The largest absolute Gasteiger partial charge is 0.323 e. The number of aryl methyl sites for hydroxylation is 2. The van der Waals surface area contributed by atoms with Crippen LogP contribution in [-0.2, 0) is 18.4 Å². The monoisotopic (exact) mass is 430 g/mol. The molecule has 1 amide bonds. The number of nitrogens with zero attached hydrogens (tertiary/aromatic N) is 5. The van der Waals surface area contributed by atoms with Gasteiger partial charge >= 0.3 is 0 Å². The summed E-state index contributed by atoms with van der Waals surface area (Å²) in [4.78, 5) is 13.3. The highest BCUT2D eigenvalue weighted by Crippen LogP contribution is 2.26. The molecule has 3 rings (SSSR count). The Kier molecular flexibility index (Phi) is 6.76.